The summed E-state index contributed by atoms with van der Waals surface area (Å²) >= 11 is 0. The van der Waals surface area contributed by atoms with Crippen LogP contribution in [0.5, 0.6) is 0 Å². The zero-order valence-electron chi connectivity index (χ0n) is 9.69. The van der Waals surface area contributed by atoms with Gasteiger partial charge >= 0.3 is 0 Å². The minimum Gasteiger partial charge on any atom is -0.409 e. The number of unbranched alkanes of at least 4 members (excludes halogenated alkanes) is 2. The third-order valence-electron chi connectivity index (χ3n) is 2.40. The second-order valence-corrected chi connectivity index (χ2v) is 3.97. The van der Waals surface area contributed by atoms with Gasteiger partial charge < -0.3 is 20.9 Å². The van der Waals surface area contributed by atoms with Crippen molar-refractivity contribution in [1.82, 2.24) is 4.90 Å². The maximum atomic E-state index is 8.61. The van der Waals surface area contributed by atoms with E-state index < -0.39 is 0 Å². The highest BCUT2D eigenvalue weighted by molar-refractivity contribution is 5.82. The number of aliphatic hydroxyl groups is 1. The molecule has 0 aliphatic carbocycles. The Labute approximate surface area is 91.6 Å². The molecule has 0 saturated carbocycles. The summed E-state index contributed by atoms with van der Waals surface area (Å²) in [6.07, 6.45) is 2.97. The minimum absolute atomic E-state index is 0.0674. The second kappa shape index (κ2) is 8.49. The lowest BCUT2D eigenvalue weighted by Gasteiger charge is -2.20. The molecule has 15 heavy (non-hydrogen) atoms. The largest absolute Gasteiger partial charge is 0.409 e. The lowest BCUT2D eigenvalue weighted by molar-refractivity contribution is 0.267. The van der Waals surface area contributed by atoms with E-state index in [0.29, 0.717) is 0 Å². The number of aliphatic hydroxyl groups excluding tert-OH is 1. The zero-order chi connectivity index (χ0) is 11.7. The summed E-state index contributed by atoms with van der Waals surface area (Å²) in [4.78, 5) is 2.15. The topological polar surface area (TPSA) is 82.1 Å². The van der Waals surface area contributed by atoms with Crippen LogP contribution in [0.3, 0.4) is 0 Å². The van der Waals surface area contributed by atoms with E-state index in [-0.39, 0.29) is 18.4 Å². The molecule has 1 unspecified atom stereocenters. The third-order valence-corrected chi connectivity index (χ3v) is 2.40. The number of nitrogens with two attached hydrogens (primary N) is 1. The molecule has 5 heteroatoms. The summed E-state index contributed by atoms with van der Waals surface area (Å²) < 4.78 is 0. The molecule has 0 rings (SSSR count). The van der Waals surface area contributed by atoms with Crippen molar-refractivity contribution >= 4 is 5.84 Å². The highest BCUT2D eigenvalue weighted by Gasteiger charge is 2.10. The predicted octanol–water partition coefficient (Wildman–Crippen LogP) is 0.463. The maximum absolute atomic E-state index is 8.61. The van der Waals surface area contributed by atoms with Crippen molar-refractivity contribution in [2.45, 2.75) is 26.2 Å². The Bertz CT molecular complexity index is 186. The van der Waals surface area contributed by atoms with Crippen molar-refractivity contribution < 1.29 is 10.3 Å². The molecule has 5 nitrogen and oxygen atoms in total. The van der Waals surface area contributed by atoms with Gasteiger partial charge in [0.2, 0.25) is 0 Å². The zero-order valence-corrected chi connectivity index (χ0v) is 9.69. The second-order valence-electron chi connectivity index (χ2n) is 3.97. The number of amidine groups is 1. The fourth-order valence-electron chi connectivity index (χ4n) is 1.42. The van der Waals surface area contributed by atoms with Gasteiger partial charge in [-0.2, -0.15) is 0 Å². The molecule has 0 aromatic carbocycles. The summed E-state index contributed by atoms with van der Waals surface area (Å²) in [5, 5.41) is 20.1. The first-order valence-corrected chi connectivity index (χ1v) is 5.38. The molecule has 0 radical (unpaired) electrons. The summed E-state index contributed by atoms with van der Waals surface area (Å²) in [5.74, 6) is 0.343. The quantitative estimate of drug-likeness (QED) is 0.181. The normalized spacial score (nSPS) is 14.5. The Morgan fingerprint density at radius 1 is 1.40 bits per heavy atom. The van der Waals surface area contributed by atoms with Gasteiger partial charge in [0, 0.05) is 19.1 Å². The van der Waals surface area contributed by atoms with Gasteiger partial charge in [0.15, 0.2) is 0 Å². The van der Waals surface area contributed by atoms with Crippen LogP contribution < -0.4 is 5.73 Å². The average Bonchev–Trinajstić information content (AvgIpc) is 2.23. The standard InChI is InChI=1S/C10H23N3O2/c1-9(10(11)12-15)8-13(2)6-4-3-5-7-14/h9,14-15H,3-8H2,1-2H3,(H2,11,12). The van der Waals surface area contributed by atoms with E-state index in [1.54, 1.807) is 0 Å². The van der Waals surface area contributed by atoms with Crippen molar-refractivity contribution in [2.75, 3.05) is 26.7 Å². The molecule has 4 N–H and O–H groups in total. The molecule has 0 spiro atoms. The molecule has 1 atom stereocenters. The fourth-order valence-corrected chi connectivity index (χ4v) is 1.42. The molecule has 0 bridgehead atoms. The van der Waals surface area contributed by atoms with Gasteiger partial charge in [-0.3, -0.25) is 0 Å². The molecule has 0 heterocycles. The monoisotopic (exact) mass is 217 g/mol. The van der Waals surface area contributed by atoms with Crippen molar-refractivity contribution in [2.24, 2.45) is 16.8 Å². The van der Waals surface area contributed by atoms with Crippen LogP contribution in [0.4, 0.5) is 0 Å². The van der Waals surface area contributed by atoms with Crippen molar-refractivity contribution in [1.29, 1.82) is 0 Å². The van der Waals surface area contributed by atoms with Gasteiger partial charge in [-0.05, 0) is 32.9 Å². The Balaban J connectivity index is 3.60. The molecule has 0 aliphatic rings. The maximum Gasteiger partial charge on any atom is 0.143 e. The third kappa shape index (κ3) is 7.16. The van der Waals surface area contributed by atoms with Gasteiger partial charge in [-0.25, -0.2) is 0 Å². The summed E-state index contributed by atoms with van der Waals surface area (Å²) in [7, 11) is 2.01. The molecule has 0 saturated heterocycles. The van der Waals surface area contributed by atoms with E-state index in [2.05, 4.69) is 10.1 Å². The van der Waals surface area contributed by atoms with E-state index in [1.165, 1.54) is 0 Å². The molecule has 0 aromatic rings. The first-order chi connectivity index (χ1) is 7.11. The molecule has 0 aromatic heterocycles. The number of hydrogen-bond donors (Lipinski definition) is 3. The predicted molar refractivity (Wildman–Crippen MR) is 61.0 cm³/mol. The van der Waals surface area contributed by atoms with Gasteiger partial charge in [0.05, 0.1) is 0 Å². The van der Waals surface area contributed by atoms with Crippen LogP contribution in [0.25, 0.3) is 0 Å². The Kier molecular flexibility index (Phi) is 8.04. The summed E-state index contributed by atoms with van der Waals surface area (Å²) in [5.41, 5.74) is 5.48. The van der Waals surface area contributed by atoms with E-state index in [1.807, 2.05) is 14.0 Å². The van der Waals surface area contributed by atoms with Crippen molar-refractivity contribution in [3.05, 3.63) is 0 Å². The smallest absolute Gasteiger partial charge is 0.143 e. The number of hydrogen-bond acceptors (Lipinski definition) is 4. The molecule has 0 fully saturated rings. The first kappa shape index (κ1) is 14.2. The summed E-state index contributed by atoms with van der Waals surface area (Å²) in [6, 6.07) is 0. The Morgan fingerprint density at radius 2 is 2.07 bits per heavy atom. The number of oxime groups is 1. The Hall–Kier alpha value is -0.810. The van der Waals surface area contributed by atoms with Gasteiger partial charge in [0.1, 0.15) is 5.84 Å². The lowest BCUT2D eigenvalue weighted by Crippen LogP contribution is -2.33. The van der Waals surface area contributed by atoms with Crippen molar-refractivity contribution in [3.63, 3.8) is 0 Å². The lowest BCUT2D eigenvalue weighted by atomic mass is 10.1. The molecular formula is C10H23N3O2. The molecular weight excluding hydrogens is 194 g/mol. The molecule has 90 valence electrons. The average molecular weight is 217 g/mol. The number of rotatable bonds is 8. The van der Waals surface area contributed by atoms with E-state index >= 15 is 0 Å². The highest BCUT2D eigenvalue weighted by Crippen LogP contribution is 2.01. The van der Waals surface area contributed by atoms with Crippen molar-refractivity contribution in [3.8, 4) is 0 Å². The molecule has 0 aliphatic heterocycles. The van der Waals surface area contributed by atoms with Crippen LogP contribution in [0.1, 0.15) is 26.2 Å². The van der Waals surface area contributed by atoms with Crippen LogP contribution in [-0.4, -0.2) is 47.8 Å². The van der Waals surface area contributed by atoms with Crippen LogP contribution in [0, 0.1) is 5.92 Å². The van der Waals surface area contributed by atoms with Crippen LogP contribution in [-0.2, 0) is 0 Å². The fraction of sp³-hybridized carbons (Fsp3) is 0.900. The van der Waals surface area contributed by atoms with Gasteiger partial charge in [-0.1, -0.05) is 12.1 Å². The molecule has 0 amide bonds. The first-order valence-electron chi connectivity index (χ1n) is 5.38. The summed E-state index contributed by atoms with van der Waals surface area (Å²) in [6.45, 7) is 3.96. The van der Waals surface area contributed by atoms with E-state index in [0.717, 1.165) is 32.4 Å². The van der Waals surface area contributed by atoms with Crippen LogP contribution in [0.2, 0.25) is 0 Å². The van der Waals surface area contributed by atoms with Gasteiger partial charge in [-0.15, -0.1) is 0 Å². The van der Waals surface area contributed by atoms with E-state index in [9.17, 15) is 0 Å². The van der Waals surface area contributed by atoms with Crippen LogP contribution >= 0.6 is 0 Å². The van der Waals surface area contributed by atoms with E-state index in [4.69, 9.17) is 16.0 Å². The van der Waals surface area contributed by atoms with Gasteiger partial charge in [0.25, 0.3) is 0 Å². The van der Waals surface area contributed by atoms with Crippen LogP contribution in [0.15, 0.2) is 5.16 Å². The highest BCUT2D eigenvalue weighted by atomic mass is 16.4. The Morgan fingerprint density at radius 3 is 2.60 bits per heavy atom. The number of nitrogens with zero attached hydrogens (tertiary/aromatic N) is 2. The SMILES string of the molecule is CC(CN(C)CCCCCO)C(N)=NO. The minimum atomic E-state index is 0.0674.